The van der Waals surface area contributed by atoms with Crippen molar-refractivity contribution < 1.29 is 9.59 Å². The number of hydrogen-bond donors (Lipinski definition) is 2. The summed E-state index contributed by atoms with van der Waals surface area (Å²) in [5.41, 5.74) is 8.32. The first-order valence-electron chi connectivity index (χ1n) is 6.12. The Morgan fingerprint density at radius 1 is 1.50 bits per heavy atom. The Balaban J connectivity index is 2.09. The number of amides is 2. The molecule has 2 heterocycles. The Morgan fingerprint density at radius 2 is 2.33 bits per heavy atom. The zero-order valence-electron chi connectivity index (χ0n) is 9.98. The van der Waals surface area contributed by atoms with Crippen LogP contribution in [0.25, 0.3) is 0 Å². The van der Waals surface area contributed by atoms with Gasteiger partial charge in [0.1, 0.15) is 0 Å². The summed E-state index contributed by atoms with van der Waals surface area (Å²) in [6.07, 6.45) is 0.790. The molecule has 0 aliphatic carbocycles. The van der Waals surface area contributed by atoms with Crippen LogP contribution in [-0.4, -0.2) is 36.3 Å². The molecule has 1 unspecified atom stereocenters. The molecule has 5 heteroatoms. The second kappa shape index (κ2) is 4.10. The summed E-state index contributed by atoms with van der Waals surface area (Å²) >= 11 is 0. The molecule has 0 fully saturated rings. The highest BCUT2D eigenvalue weighted by molar-refractivity contribution is 5.98. The molecule has 3 rings (SSSR count). The van der Waals surface area contributed by atoms with E-state index in [2.05, 4.69) is 5.32 Å². The lowest BCUT2D eigenvalue weighted by Gasteiger charge is -2.40. The van der Waals surface area contributed by atoms with E-state index >= 15 is 0 Å². The van der Waals surface area contributed by atoms with Crippen LogP contribution in [0.5, 0.6) is 0 Å². The van der Waals surface area contributed by atoms with E-state index in [4.69, 9.17) is 5.73 Å². The van der Waals surface area contributed by atoms with Gasteiger partial charge in [-0.2, -0.15) is 0 Å². The Bertz CT molecular complexity index is 527. The molecule has 5 nitrogen and oxygen atoms in total. The second-order valence-corrected chi connectivity index (χ2v) is 4.65. The second-order valence-electron chi connectivity index (χ2n) is 4.65. The van der Waals surface area contributed by atoms with Gasteiger partial charge in [-0.05, 0) is 23.6 Å². The Hall–Kier alpha value is -1.88. The largest absolute Gasteiger partial charge is 0.350 e. The normalized spacial score (nSPS) is 21.3. The smallest absolute Gasteiger partial charge is 0.251 e. The Morgan fingerprint density at radius 3 is 3.11 bits per heavy atom. The lowest BCUT2D eigenvalue weighted by atomic mass is 9.86. The summed E-state index contributed by atoms with van der Waals surface area (Å²) < 4.78 is 0. The van der Waals surface area contributed by atoms with Crippen LogP contribution < -0.4 is 11.1 Å². The summed E-state index contributed by atoms with van der Waals surface area (Å²) in [6.45, 7) is 1.17. The molecule has 18 heavy (non-hydrogen) atoms. The van der Waals surface area contributed by atoms with Crippen molar-refractivity contribution in [1.29, 1.82) is 0 Å². The van der Waals surface area contributed by atoms with E-state index in [-0.39, 0.29) is 24.4 Å². The van der Waals surface area contributed by atoms with Crippen molar-refractivity contribution in [1.82, 2.24) is 10.2 Å². The van der Waals surface area contributed by atoms with Crippen LogP contribution in [0.3, 0.4) is 0 Å². The van der Waals surface area contributed by atoms with Gasteiger partial charge in [-0.3, -0.25) is 9.59 Å². The fourth-order valence-electron chi connectivity index (χ4n) is 2.89. The molecule has 2 aliphatic heterocycles. The van der Waals surface area contributed by atoms with Crippen LogP contribution in [0.4, 0.5) is 0 Å². The zero-order valence-corrected chi connectivity index (χ0v) is 9.98. The van der Waals surface area contributed by atoms with Crippen molar-refractivity contribution in [3.63, 3.8) is 0 Å². The standard InChI is InChI=1S/C13H15N3O2/c14-6-11(17)16-5-4-8-2-1-3-9-12(8)10(16)7-15-13(9)18/h1-3,10H,4-7,14H2,(H,15,18). The molecule has 1 aromatic rings. The molecule has 1 aromatic carbocycles. The van der Waals surface area contributed by atoms with E-state index in [0.717, 1.165) is 12.0 Å². The fourth-order valence-corrected chi connectivity index (χ4v) is 2.89. The number of carbonyl (C=O) groups is 2. The van der Waals surface area contributed by atoms with Gasteiger partial charge < -0.3 is 16.0 Å². The summed E-state index contributed by atoms with van der Waals surface area (Å²) in [6, 6.07) is 5.70. The maximum Gasteiger partial charge on any atom is 0.251 e. The van der Waals surface area contributed by atoms with E-state index < -0.39 is 0 Å². The third-order valence-corrected chi connectivity index (χ3v) is 3.72. The Kier molecular flexibility index (Phi) is 2.56. The summed E-state index contributed by atoms with van der Waals surface area (Å²) in [7, 11) is 0. The van der Waals surface area contributed by atoms with Crippen molar-refractivity contribution in [3.05, 3.63) is 34.9 Å². The number of carbonyl (C=O) groups excluding carboxylic acids is 2. The highest BCUT2D eigenvalue weighted by atomic mass is 16.2. The van der Waals surface area contributed by atoms with Gasteiger partial charge in [-0.25, -0.2) is 0 Å². The number of benzene rings is 1. The highest BCUT2D eigenvalue weighted by Gasteiger charge is 2.36. The molecule has 2 aliphatic rings. The average Bonchev–Trinajstić information content (AvgIpc) is 2.42. The van der Waals surface area contributed by atoms with Crippen LogP contribution in [0, 0.1) is 0 Å². The molecule has 3 N–H and O–H groups in total. The molecule has 0 radical (unpaired) electrons. The van der Waals surface area contributed by atoms with Gasteiger partial charge in [0, 0.05) is 18.7 Å². The molecular formula is C13H15N3O2. The van der Waals surface area contributed by atoms with Crippen molar-refractivity contribution in [2.45, 2.75) is 12.5 Å². The predicted octanol–water partition coefficient (Wildman–Crippen LogP) is -0.186. The number of nitrogens with two attached hydrogens (primary N) is 1. The monoisotopic (exact) mass is 245 g/mol. The van der Waals surface area contributed by atoms with Crippen LogP contribution in [0.2, 0.25) is 0 Å². The van der Waals surface area contributed by atoms with E-state index in [0.29, 0.717) is 18.7 Å². The van der Waals surface area contributed by atoms with Gasteiger partial charge in [-0.1, -0.05) is 12.1 Å². The number of nitrogens with zero attached hydrogens (tertiary/aromatic N) is 1. The number of rotatable bonds is 1. The third kappa shape index (κ3) is 1.51. The van der Waals surface area contributed by atoms with Gasteiger partial charge >= 0.3 is 0 Å². The van der Waals surface area contributed by atoms with Crippen molar-refractivity contribution >= 4 is 11.8 Å². The molecule has 94 valence electrons. The van der Waals surface area contributed by atoms with Crippen LogP contribution in [0.1, 0.15) is 27.5 Å². The van der Waals surface area contributed by atoms with E-state index in [1.54, 1.807) is 4.90 Å². The minimum Gasteiger partial charge on any atom is -0.350 e. The van der Waals surface area contributed by atoms with Gasteiger partial charge in [0.15, 0.2) is 0 Å². The summed E-state index contributed by atoms with van der Waals surface area (Å²) in [4.78, 5) is 25.5. The first-order valence-corrected chi connectivity index (χ1v) is 6.12. The first-order chi connectivity index (χ1) is 8.72. The van der Waals surface area contributed by atoms with Crippen LogP contribution in [-0.2, 0) is 11.2 Å². The molecule has 2 amide bonds. The molecule has 0 saturated heterocycles. The molecule has 0 bridgehead atoms. The molecule has 0 saturated carbocycles. The van der Waals surface area contributed by atoms with Gasteiger partial charge in [0.25, 0.3) is 5.91 Å². The van der Waals surface area contributed by atoms with Crippen LogP contribution >= 0.6 is 0 Å². The minimum atomic E-state index is -0.0587. The first kappa shape index (κ1) is 11.2. The number of nitrogens with one attached hydrogen (secondary N) is 1. The predicted molar refractivity (Wildman–Crippen MR) is 66.0 cm³/mol. The average molecular weight is 245 g/mol. The maximum atomic E-state index is 11.9. The summed E-state index contributed by atoms with van der Waals surface area (Å²) in [5.74, 6) is -0.109. The molecular weight excluding hydrogens is 230 g/mol. The van der Waals surface area contributed by atoms with Crippen molar-refractivity contribution in [2.24, 2.45) is 5.73 Å². The quantitative estimate of drug-likeness (QED) is 0.720. The lowest BCUT2D eigenvalue weighted by molar-refractivity contribution is -0.132. The van der Waals surface area contributed by atoms with Gasteiger partial charge in [0.05, 0.1) is 12.6 Å². The highest BCUT2D eigenvalue weighted by Crippen LogP contribution is 2.34. The topological polar surface area (TPSA) is 75.4 Å². The molecule has 0 aromatic heterocycles. The van der Waals surface area contributed by atoms with Gasteiger partial charge in [0.2, 0.25) is 5.91 Å². The fraction of sp³-hybridized carbons (Fsp3) is 0.385. The van der Waals surface area contributed by atoms with Crippen LogP contribution in [0.15, 0.2) is 18.2 Å². The van der Waals surface area contributed by atoms with Crippen molar-refractivity contribution in [3.8, 4) is 0 Å². The van der Waals surface area contributed by atoms with E-state index in [1.807, 2.05) is 18.2 Å². The SMILES string of the molecule is NCC(=O)N1CCc2cccc3c2C1CNC3=O. The summed E-state index contributed by atoms with van der Waals surface area (Å²) in [5, 5.41) is 2.84. The molecule has 0 spiro atoms. The maximum absolute atomic E-state index is 11.9. The Labute approximate surface area is 105 Å². The van der Waals surface area contributed by atoms with Crippen molar-refractivity contribution in [2.75, 3.05) is 19.6 Å². The zero-order chi connectivity index (χ0) is 12.7. The van der Waals surface area contributed by atoms with E-state index in [1.165, 1.54) is 5.56 Å². The van der Waals surface area contributed by atoms with Gasteiger partial charge in [-0.15, -0.1) is 0 Å². The third-order valence-electron chi connectivity index (χ3n) is 3.72. The van der Waals surface area contributed by atoms with E-state index in [9.17, 15) is 9.59 Å². The molecule has 1 atom stereocenters. The minimum absolute atomic E-state index is 0.0158. The number of hydrogen-bond acceptors (Lipinski definition) is 3. The lowest BCUT2D eigenvalue weighted by Crippen LogP contribution is -2.50.